The predicted octanol–water partition coefficient (Wildman–Crippen LogP) is 2.90. The second kappa shape index (κ2) is 7.87. The lowest BCUT2D eigenvalue weighted by Crippen LogP contribution is -2.47. The number of rotatable bonds is 5. The number of ether oxygens (including phenoxy) is 1. The molecular formula is C19H18N6O3. The van der Waals surface area contributed by atoms with E-state index in [1.807, 2.05) is 23.1 Å². The molecule has 9 nitrogen and oxygen atoms in total. The van der Waals surface area contributed by atoms with Crippen LogP contribution in [0, 0.1) is 10.1 Å². The van der Waals surface area contributed by atoms with Crippen molar-refractivity contribution in [3.63, 3.8) is 0 Å². The van der Waals surface area contributed by atoms with Crippen LogP contribution in [-0.2, 0) is 0 Å². The van der Waals surface area contributed by atoms with Gasteiger partial charge in [0, 0.05) is 38.1 Å². The van der Waals surface area contributed by atoms with Gasteiger partial charge in [-0.15, -0.1) is 0 Å². The molecule has 0 N–H and O–H groups in total. The van der Waals surface area contributed by atoms with E-state index in [2.05, 4.69) is 32.0 Å². The predicted molar refractivity (Wildman–Crippen MR) is 104 cm³/mol. The lowest BCUT2D eigenvalue weighted by Gasteiger charge is -2.36. The Morgan fingerprint density at radius 1 is 0.964 bits per heavy atom. The van der Waals surface area contributed by atoms with Crippen LogP contribution in [0.3, 0.4) is 0 Å². The van der Waals surface area contributed by atoms with Gasteiger partial charge in [-0.2, -0.15) is 4.98 Å². The molecule has 0 bridgehead atoms. The summed E-state index contributed by atoms with van der Waals surface area (Å²) in [6, 6.07) is 13.4. The van der Waals surface area contributed by atoms with Crippen molar-refractivity contribution in [2.45, 2.75) is 0 Å². The highest BCUT2D eigenvalue weighted by Gasteiger charge is 2.30. The van der Waals surface area contributed by atoms with Crippen molar-refractivity contribution in [2.24, 2.45) is 0 Å². The van der Waals surface area contributed by atoms with Crippen LogP contribution in [0.5, 0.6) is 11.6 Å². The van der Waals surface area contributed by atoms with Gasteiger partial charge < -0.3 is 14.5 Å². The molecule has 0 spiro atoms. The highest BCUT2D eigenvalue weighted by Crippen LogP contribution is 2.36. The van der Waals surface area contributed by atoms with E-state index in [9.17, 15) is 10.1 Å². The fourth-order valence-corrected chi connectivity index (χ4v) is 3.15. The van der Waals surface area contributed by atoms with Gasteiger partial charge in [0.15, 0.2) is 0 Å². The normalized spacial score (nSPS) is 14.0. The van der Waals surface area contributed by atoms with E-state index in [1.54, 1.807) is 18.3 Å². The number of nitro groups is 1. The van der Waals surface area contributed by atoms with E-state index in [0.29, 0.717) is 18.8 Å². The van der Waals surface area contributed by atoms with Crippen molar-refractivity contribution < 1.29 is 9.66 Å². The van der Waals surface area contributed by atoms with Crippen molar-refractivity contribution >= 4 is 17.2 Å². The summed E-state index contributed by atoms with van der Waals surface area (Å²) in [5.41, 5.74) is 0.902. The molecule has 1 saturated heterocycles. The van der Waals surface area contributed by atoms with Crippen LogP contribution >= 0.6 is 0 Å². The minimum absolute atomic E-state index is 0.0894. The van der Waals surface area contributed by atoms with Gasteiger partial charge in [-0.1, -0.05) is 18.2 Å². The smallest absolute Gasteiger partial charge is 0.373 e. The maximum absolute atomic E-state index is 11.8. The number of anilines is 2. The molecule has 2 aromatic heterocycles. The topological polar surface area (TPSA) is 97.5 Å². The molecule has 1 fully saturated rings. The van der Waals surface area contributed by atoms with Crippen molar-refractivity contribution in [2.75, 3.05) is 36.0 Å². The molecule has 1 aliphatic heterocycles. The fraction of sp³-hybridized carbons (Fsp3) is 0.211. The summed E-state index contributed by atoms with van der Waals surface area (Å²) in [5.74, 6) is 0.559. The van der Waals surface area contributed by atoms with E-state index in [-0.39, 0.29) is 17.4 Å². The average Bonchev–Trinajstić information content (AvgIpc) is 2.75. The highest BCUT2D eigenvalue weighted by molar-refractivity contribution is 5.64. The number of hydrogen-bond acceptors (Lipinski definition) is 8. The summed E-state index contributed by atoms with van der Waals surface area (Å²) in [4.78, 5) is 27.5. The zero-order valence-corrected chi connectivity index (χ0v) is 15.0. The van der Waals surface area contributed by atoms with Crippen molar-refractivity contribution in [3.05, 3.63) is 71.3 Å². The molecule has 28 heavy (non-hydrogen) atoms. The van der Waals surface area contributed by atoms with Crippen LogP contribution in [-0.4, -0.2) is 46.1 Å². The Labute approximate surface area is 161 Å². The average molecular weight is 378 g/mol. The van der Waals surface area contributed by atoms with Crippen LogP contribution in [0.2, 0.25) is 0 Å². The van der Waals surface area contributed by atoms with Crippen molar-refractivity contribution in [1.29, 1.82) is 0 Å². The van der Waals surface area contributed by atoms with Crippen LogP contribution in [0.1, 0.15) is 0 Å². The third-order valence-electron chi connectivity index (χ3n) is 4.50. The van der Waals surface area contributed by atoms with Crippen LogP contribution < -0.4 is 14.5 Å². The molecule has 0 unspecified atom stereocenters. The minimum atomic E-state index is -0.495. The molecule has 9 heteroatoms. The van der Waals surface area contributed by atoms with E-state index < -0.39 is 4.92 Å². The lowest BCUT2D eigenvalue weighted by molar-refractivity contribution is -0.385. The number of aromatic nitrogens is 3. The first-order valence-electron chi connectivity index (χ1n) is 8.84. The van der Waals surface area contributed by atoms with Gasteiger partial charge in [0.05, 0.1) is 11.1 Å². The molecule has 142 valence electrons. The molecule has 3 aromatic rings. The quantitative estimate of drug-likeness (QED) is 0.494. The number of nitrogens with zero attached hydrogens (tertiary/aromatic N) is 6. The molecule has 0 radical (unpaired) electrons. The first-order valence-corrected chi connectivity index (χ1v) is 8.84. The minimum Gasteiger partial charge on any atom is -0.432 e. The summed E-state index contributed by atoms with van der Waals surface area (Å²) < 4.78 is 5.60. The molecule has 1 aromatic carbocycles. The van der Waals surface area contributed by atoms with Gasteiger partial charge in [0.2, 0.25) is 5.82 Å². The summed E-state index contributed by atoms with van der Waals surface area (Å²) in [6.07, 6.45) is 4.36. The molecule has 0 aliphatic carbocycles. The molecule has 1 aliphatic rings. The third kappa shape index (κ3) is 3.68. The zero-order valence-electron chi connectivity index (χ0n) is 15.0. The van der Waals surface area contributed by atoms with Crippen molar-refractivity contribution in [1.82, 2.24) is 15.0 Å². The zero-order chi connectivity index (χ0) is 19.3. The Morgan fingerprint density at radius 2 is 1.71 bits per heavy atom. The van der Waals surface area contributed by atoms with Gasteiger partial charge >= 0.3 is 11.6 Å². The second-order valence-electron chi connectivity index (χ2n) is 6.21. The number of pyridine rings is 1. The second-order valence-corrected chi connectivity index (χ2v) is 6.21. The molecular weight excluding hydrogens is 360 g/mol. The third-order valence-corrected chi connectivity index (χ3v) is 4.50. The maximum Gasteiger partial charge on any atom is 0.373 e. The molecule has 4 rings (SSSR count). The lowest BCUT2D eigenvalue weighted by atomic mass is 10.2. The Bertz CT molecular complexity index is 946. The van der Waals surface area contributed by atoms with Crippen LogP contribution in [0.25, 0.3) is 0 Å². The summed E-state index contributed by atoms with van der Waals surface area (Å²) in [5, 5.41) is 11.8. The standard InChI is InChI=1S/C19H18N6O3/c26-25(27)17-18(21-14-22-19(17)28-16-7-4-8-20-13-16)24-11-9-23(10-12-24)15-5-2-1-3-6-15/h1-8,13-14H,9-12H2. The van der Waals surface area contributed by atoms with Crippen molar-refractivity contribution in [3.8, 4) is 11.6 Å². The fourth-order valence-electron chi connectivity index (χ4n) is 3.15. The number of piperazine rings is 1. The molecule has 0 amide bonds. The monoisotopic (exact) mass is 378 g/mol. The van der Waals surface area contributed by atoms with E-state index in [1.165, 1.54) is 12.5 Å². The first-order chi connectivity index (χ1) is 13.7. The SMILES string of the molecule is O=[N+]([O-])c1c(Oc2cccnc2)ncnc1N1CCN(c2ccccc2)CC1. The Hall–Kier alpha value is -3.75. The van der Waals surface area contributed by atoms with Gasteiger partial charge in [0.25, 0.3) is 0 Å². The van der Waals surface area contributed by atoms with Gasteiger partial charge in [-0.25, -0.2) is 4.98 Å². The van der Waals surface area contributed by atoms with Gasteiger partial charge in [0.1, 0.15) is 12.1 Å². The Morgan fingerprint density at radius 3 is 2.39 bits per heavy atom. The maximum atomic E-state index is 11.8. The van der Waals surface area contributed by atoms with E-state index >= 15 is 0 Å². The van der Waals surface area contributed by atoms with E-state index in [4.69, 9.17) is 4.74 Å². The first kappa shape index (κ1) is 17.7. The van der Waals surface area contributed by atoms with Gasteiger partial charge in [-0.05, 0) is 24.3 Å². The number of hydrogen-bond donors (Lipinski definition) is 0. The highest BCUT2D eigenvalue weighted by atomic mass is 16.6. The van der Waals surface area contributed by atoms with Crippen LogP contribution in [0.15, 0.2) is 61.2 Å². The number of para-hydroxylation sites is 1. The van der Waals surface area contributed by atoms with Gasteiger partial charge in [-0.3, -0.25) is 15.1 Å². The number of benzene rings is 1. The summed E-state index contributed by atoms with van der Waals surface area (Å²) in [7, 11) is 0. The summed E-state index contributed by atoms with van der Waals surface area (Å²) >= 11 is 0. The molecule has 3 heterocycles. The summed E-state index contributed by atoms with van der Waals surface area (Å²) in [6.45, 7) is 2.70. The Kier molecular flexibility index (Phi) is 4.96. The van der Waals surface area contributed by atoms with Crippen LogP contribution in [0.4, 0.5) is 17.2 Å². The Balaban J connectivity index is 1.56. The van der Waals surface area contributed by atoms with E-state index in [0.717, 1.165) is 18.8 Å². The molecule has 0 saturated carbocycles. The largest absolute Gasteiger partial charge is 0.432 e. The molecule has 0 atom stereocenters.